The van der Waals surface area contributed by atoms with E-state index in [0.29, 0.717) is 0 Å². The fourth-order valence-corrected chi connectivity index (χ4v) is 4.33. The van der Waals surface area contributed by atoms with E-state index in [0.717, 1.165) is 19.3 Å². The van der Waals surface area contributed by atoms with E-state index in [1.807, 2.05) is 0 Å². The molecule has 0 aromatic carbocycles. The molecule has 0 aliphatic rings. The highest BCUT2D eigenvalue weighted by atomic mass is 28.4. The summed E-state index contributed by atoms with van der Waals surface area (Å²) in [6.07, 6.45) is 6.78. The first kappa shape index (κ1) is 27.6. The van der Waals surface area contributed by atoms with Crippen LogP contribution in [0.5, 0.6) is 0 Å². The van der Waals surface area contributed by atoms with Gasteiger partial charge < -0.3 is 19.4 Å². The van der Waals surface area contributed by atoms with Crippen molar-refractivity contribution >= 4 is 14.3 Å². The van der Waals surface area contributed by atoms with E-state index >= 15 is 0 Å². The lowest BCUT2D eigenvalue weighted by molar-refractivity contribution is -0.160. The van der Waals surface area contributed by atoms with Crippen molar-refractivity contribution in [2.45, 2.75) is 129 Å². The van der Waals surface area contributed by atoms with Crippen LogP contribution in [0.4, 0.5) is 0 Å². The van der Waals surface area contributed by atoms with Gasteiger partial charge in [0.15, 0.2) is 14.4 Å². The van der Waals surface area contributed by atoms with Crippen LogP contribution < -0.4 is 0 Å². The maximum Gasteiger partial charge on any atom is 0.337 e. The Labute approximate surface area is 174 Å². The molecule has 0 rings (SSSR count). The highest BCUT2D eigenvalue weighted by molar-refractivity contribution is 6.74. The van der Waals surface area contributed by atoms with Crippen LogP contribution in [0.2, 0.25) is 18.1 Å². The van der Waals surface area contributed by atoms with Crippen molar-refractivity contribution < 1.29 is 24.2 Å². The molecule has 0 aromatic heterocycles. The topological polar surface area (TPSA) is 76.0 Å². The summed E-state index contributed by atoms with van der Waals surface area (Å²) in [6, 6.07) is 0. The third-order valence-electron chi connectivity index (χ3n) is 5.79. The van der Waals surface area contributed by atoms with Gasteiger partial charge in [-0.3, -0.25) is 0 Å². The highest BCUT2D eigenvalue weighted by Gasteiger charge is 2.40. The molecule has 0 saturated carbocycles. The highest BCUT2D eigenvalue weighted by Crippen LogP contribution is 2.38. The molecule has 6 heteroatoms. The first-order valence-corrected chi connectivity index (χ1v) is 14.1. The Kier molecular flexibility index (Phi) is 13.5. The summed E-state index contributed by atoms with van der Waals surface area (Å²) in [7, 11) is -2.01. The fourth-order valence-electron chi connectivity index (χ4n) is 2.93. The smallest absolute Gasteiger partial charge is 0.337 e. The number of ether oxygens (including phenoxy) is 1. The Morgan fingerprint density at radius 3 is 2.00 bits per heavy atom. The number of carbonyl (C=O) groups excluding carboxylic acids is 1. The molecule has 0 aliphatic carbocycles. The van der Waals surface area contributed by atoms with E-state index < -0.39 is 26.5 Å². The Hall–Kier alpha value is -0.433. The summed E-state index contributed by atoms with van der Waals surface area (Å²) in [5.41, 5.74) is 0. The molecule has 0 unspecified atom stereocenters. The van der Waals surface area contributed by atoms with Crippen molar-refractivity contribution in [3.8, 4) is 0 Å². The van der Waals surface area contributed by atoms with Crippen LogP contribution >= 0.6 is 0 Å². The van der Waals surface area contributed by atoms with Gasteiger partial charge >= 0.3 is 5.97 Å². The zero-order valence-corrected chi connectivity index (χ0v) is 20.4. The Morgan fingerprint density at radius 1 is 0.964 bits per heavy atom. The van der Waals surface area contributed by atoms with Crippen molar-refractivity contribution in [1.29, 1.82) is 0 Å². The number of rotatable bonds is 15. The van der Waals surface area contributed by atoms with E-state index in [9.17, 15) is 15.0 Å². The van der Waals surface area contributed by atoms with Crippen LogP contribution in [-0.4, -0.2) is 49.4 Å². The molecule has 28 heavy (non-hydrogen) atoms. The lowest BCUT2D eigenvalue weighted by Crippen LogP contribution is -2.46. The van der Waals surface area contributed by atoms with Crippen LogP contribution in [0.15, 0.2) is 0 Å². The van der Waals surface area contributed by atoms with Crippen LogP contribution in [0.25, 0.3) is 0 Å². The Balaban J connectivity index is 4.78. The molecule has 0 radical (unpaired) electrons. The molecule has 0 amide bonds. The first-order chi connectivity index (χ1) is 13.0. The minimum atomic E-state index is -2.01. The van der Waals surface area contributed by atoms with Gasteiger partial charge in [-0.25, -0.2) is 4.79 Å². The predicted molar refractivity (Wildman–Crippen MR) is 118 cm³/mol. The van der Waals surface area contributed by atoms with E-state index in [1.165, 1.54) is 32.1 Å². The van der Waals surface area contributed by atoms with E-state index in [-0.39, 0.29) is 24.2 Å². The molecule has 5 nitrogen and oxygen atoms in total. The van der Waals surface area contributed by atoms with Gasteiger partial charge in [0.25, 0.3) is 0 Å². The van der Waals surface area contributed by atoms with Crippen molar-refractivity contribution in [3.05, 3.63) is 0 Å². The fraction of sp³-hybridized carbons (Fsp3) is 0.955. The number of unbranched alkanes of at least 4 members (excludes halogenated alkanes) is 6. The number of aliphatic hydroxyl groups excluding tert-OH is 2. The molecular weight excluding hydrogens is 372 g/mol. The van der Waals surface area contributed by atoms with Gasteiger partial charge in [0.05, 0.1) is 12.7 Å². The van der Waals surface area contributed by atoms with Gasteiger partial charge in [-0.2, -0.15) is 0 Å². The lowest BCUT2D eigenvalue weighted by atomic mass is 10.0. The minimum Gasteiger partial charge on any atom is -0.464 e. The lowest BCUT2D eigenvalue weighted by Gasteiger charge is -2.40. The summed E-state index contributed by atoms with van der Waals surface area (Å²) < 4.78 is 11.3. The molecule has 0 heterocycles. The zero-order valence-electron chi connectivity index (χ0n) is 19.4. The maximum absolute atomic E-state index is 11.7. The largest absolute Gasteiger partial charge is 0.464 e. The summed E-state index contributed by atoms with van der Waals surface area (Å²) >= 11 is 0. The average Bonchev–Trinajstić information content (AvgIpc) is 2.58. The molecular formula is C22H46O5Si. The minimum absolute atomic E-state index is 0.0656. The van der Waals surface area contributed by atoms with Gasteiger partial charge in [-0.05, 0) is 31.5 Å². The molecule has 168 valence electrons. The van der Waals surface area contributed by atoms with Crippen molar-refractivity contribution in [1.82, 2.24) is 0 Å². The standard InChI is InChI=1S/C22H46O5Si/c1-8-10-11-12-13-14-15-16-18(27-28(6,7)22(3,4)5)17-19(23)20(24)21(25)26-9-2/h18-20,23-24H,8-17H2,1-7H3/t18-,19+,20-/m0/s1. The molecule has 0 saturated heterocycles. The summed E-state index contributed by atoms with van der Waals surface area (Å²) in [6.45, 7) is 15.0. The molecule has 0 spiro atoms. The average molecular weight is 419 g/mol. The predicted octanol–water partition coefficient (Wildman–Crippen LogP) is 5.19. The summed E-state index contributed by atoms with van der Waals surface area (Å²) in [4.78, 5) is 11.7. The van der Waals surface area contributed by atoms with Gasteiger partial charge in [0.2, 0.25) is 0 Å². The number of esters is 1. The maximum atomic E-state index is 11.7. The first-order valence-electron chi connectivity index (χ1n) is 11.2. The molecule has 0 aliphatic heterocycles. The molecule has 3 atom stereocenters. The van der Waals surface area contributed by atoms with E-state index in [1.54, 1.807) is 6.92 Å². The van der Waals surface area contributed by atoms with Crippen molar-refractivity contribution in [2.24, 2.45) is 0 Å². The molecule has 0 fully saturated rings. The van der Waals surface area contributed by atoms with Crippen LogP contribution in [0.1, 0.15) is 92.4 Å². The van der Waals surface area contributed by atoms with Crippen molar-refractivity contribution in [2.75, 3.05) is 6.61 Å². The van der Waals surface area contributed by atoms with Crippen molar-refractivity contribution in [3.63, 3.8) is 0 Å². The molecule has 0 bridgehead atoms. The Morgan fingerprint density at radius 2 is 1.50 bits per heavy atom. The second-order valence-electron chi connectivity index (χ2n) is 9.41. The summed E-state index contributed by atoms with van der Waals surface area (Å²) in [5.74, 6) is -0.767. The van der Waals surface area contributed by atoms with E-state index in [4.69, 9.17) is 9.16 Å². The van der Waals surface area contributed by atoms with Crippen LogP contribution in [-0.2, 0) is 14.0 Å². The summed E-state index contributed by atoms with van der Waals surface area (Å²) in [5, 5.41) is 20.5. The number of aliphatic hydroxyl groups is 2. The number of hydrogen-bond acceptors (Lipinski definition) is 5. The van der Waals surface area contributed by atoms with E-state index in [2.05, 4.69) is 40.8 Å². The van der Waals surface area contributed by atoms with Gasteiger partial charge in [0, 0.05) is 12.5 Å². The quantitative estimate of drug-likeness (QED) is 0.217. The van der Waals surface area contributed by atoms with Crippen LogP contribution in [0, 0.1) is 0 Å². The zero-order chi connectivity index (χ0) is 21.8. The van der Waals surface area contributed by atoms with Crippen LogP contribution in [0.3, 0.4) is 0 Å². The van der Waals surface area contributed by atoms with Gasteiger partial charge in [-0.1, -0.05) is 72.6 Å². The Bertz CT molecular complexity index is 420. The molecule has 2 N–H and O–H groups in total. The van der Waals surface area contributed by atoms with Gasteiger partial charge in [-0.15, -0.1) is 0 Å². The normalized spacial score (nSPS) is 15.9. The number of hydrogen-bond donors (Lipinski definition) is 2. The van der Waals surface area contributed by atoms with Gasteiger partial charge in [0.1, 0.15) is 0 Å². The second-order valence-corrected chi connectivity index (χ2v) is 14.2. The monoisotopic (exact) mass is 418 g/mol. The number of carbonyl (C=O) groups is 1. The second kappa shape index (κ2) is 13.7. The molecule has 0 aromatic rings. The SMILES string of the molecule is CCCCCCCCC[C@@H](C[C@@H](O)[C@H](O)C(=O)OCC)O[Si](C)(C)C(C)(C)C. The third kappa shape index (κ3) is 10.9. The third-order valence-corrected chi connectivity index (χ3v) is 10.3.